The van der Waals surface area contributed by atoms with Crippen molar-refractivity contribution in [2.45, 2.75) is 39.5 Å². The Morgan fingerprint density at radius 3 is 2.15 bits per heavy atom. The standard InChI is InChI=1S/C26H24N2O5S/c1-3-20(25(30)32-14-18-10-6-4-7-11-18)28-16-27-23-21(24(28)29)17(2)22(34-23)26(31)33-15-19-12-8-5-9-13-19/h4-13,16,20H,3,14-15H2,1-2H3. The van der Waals surface area contributed by atoms with Crippen LogP contribution in [-0.2, 0) is 27.5 Å². The van der Waals surface area contributed by atoms with Crippen molar-refractivity contribution in [1.29, 1.82) is 0 Å². The summed E-state index contributed by atoms with van der Waals surface area (Å²) in [6.45, 7) is 3.75. The molecule has 174 valence electrons. The second kappa shape index (κ2) is 10.4. The summed E-state index contributed by atoms with van der Waals surface area (Å²) < 4.78 is 12.2. The molecule has 1 unspecified atom stereocenters. The zero-order chi connectivity index (χ0) is 24.1. The van der Waals surface area contributed by atoms with Crippen LogP contribution in [-0.4, -0.2) is 21.5 Å². The number of carbonyl (C=O) groups is 2. The summed E-state index contributed by atoms with van der Waals surface area (Å²) in [5.74, 6) is -1.02. The van der Waals surface area contributed by atoms with Gasteiger partial charge in [-0.2, -0.15) is 0 Å². The quantitative estimate of drug-likeness (QED) is 0.339. The molecule has 0 N–H and O–H groups in total. The first-order chi connectivity index (χ1) is 16.5. The van der Waals surface area contributed by atoms with Gasteiger partial charge in [0.05, 0.1) is 11.7 Å². The Balaban J connectivity index is 1.56. The highest BCUT2D eigenvalue weighted by Gasteiger charge is 2.26. The molecule has 0 saturated carbocycles. The number of benzene rings is 2. The highest BCUT2D eigenvalue weighted by Crippen LogP contribution is 2.28. The van der Waals surface area contributed by atoms with E-state index in [0.717, 1.165) is 22.5 Å². The number of carbonyl (C=O) groups excluding carboxylic acids is 2. The molecule has 8 heteroatoms. The molecule has 0 fully saturated rings. The van der Waals surface area contributed by atoms with Gasteiger partial charge >= 0.3 is 11.9 Å². The van der Waals surface area contributed by atoms with Crippen molar-refractivity contribution in [2.24, 2.45) is 0 Å². The third kappa shape index (κ3) is 4.92. The number of aryl methyl sites for hydroxylation is 1. The molecule has 2 aromatic heterocycles. The Hall–Kier alpha value is -3.78. The average Bonchev–Trinajstić information content (AvgIpc) is 3.21. The topological polar surface area (TPSA) is 87.5 Å². The van der Waals surface area contributed by atoms with E-state index in [1.165, 1.54) is 10.9 Å². The van der Waals surface area contributed by atoms with E-state index in [1.807, 2.05) is 60.7 Å². The summed E-state index contributed by atoms with van der Waals surface area (Å²) in [7, 11) is 0. The van der Waals surface area contributed by atoms with E-state index < -0.39 is 18.0 Å². The van der Waals surface area contributed by atoms with Crippen LogP contribution >= 0.6 is 11.3 Å². The lowest BCUT2D eigenvalue weighted by Gasteiger charge is -2.17. The molecule has 0 bridgehead atoms. The molecule has 2 aromatic carbocycles. The van der Waals surface area contributed by atoms with E-state index >= 15 is 0 Å². The van der Waals surface area contributed by atoms with E-state index in [9.17, 15) is 14.4 Å². The van der Waals surface area contributed by atoms with Crippen molar-refractivity contribution < 1.29 is 19.1 Å². The Kier molecular flexibility index (Phi) is 7.18. The first-order valence-electron chi connectivity index (χ1n) is 10.9. The Bertz CT molecular complexity index is 1360. The molecule has 0 aliphatic heterocycles. The van der Waals surface area contributed by atoms with Gasteiger partial charge < -0.3 is 9.47 Å². The fourth-order valence-electron chi connectivity index (χ4n) is 3.64. The number of esters is 2. The fraction of sp³-hybridized carbons (Fsp3) is 0.231. The van der Waals surface area contributed by atoms with Crippen LogP contribution in [0.3, 0.4) is 0 Å². The number of aromatic nitrogens is 2. The van der Waals surface area contributed by atoms with Gasteiger partial charge in [-0.05, 0) is 30.0 Å². The number of rotatable bonds is 8. The van der Waals surface area contributed by atoms with E-state index in [0.29, 0.717) is 27.1 Å². The zero-order valence-corrected chi connectivity index (χ0v) is 19.7. The minimum atomic E-state index is -0.819. The predicted octanol–water partition coefficient (Wildman–Crippen LogP) is 4.82. The van der Waals surface area contributed by atoms with Crippen molar-refractivity contribution in [3.63, 3.8) is 0 Å². The van der Waals surface area contributed by atoms with Crippen LogP contribution in [0, 0.1) is 6.92 Å². The summed E-state index contributed by atoms with van der Waals surface area (Å²) in [5.41, 5.74) is 1.84. The molecule has 2 heterocycles. The summed E-state index contributed by atoms with van der Waals surface area (Å²) in [4.78, 5) is 43.9. The van der Waals surface area contributed by atoms with Crippen molar-refractivity contribution in [2.75, 3.05) is 0 Å². The first-order valence-corrected chi connectivity index (χ1v) is 11.7. The molecule has 7 nitrogen and oxygen atoms in total. The SMILES string of the molecule is CCC(C(=O)OCc1ccccc1)n1cnc2sc(C(=O)OCc3ccccc3)c(C)c2c1=O. The molecule has 0 radical (unpaired) electrons. The van der Waals surface area contributed by atoms with Gasteiger partial charge in [0.25, 0.3) is 5.56 Å². The van der Waals surface area contributed by atoms with E-state index in [1.54, 1.807) is 13.8 Å². The van der Waals surface area contributed by atoms with Gasteiger partial charge in [-0.25, -0.2) is 14.6 Å². The van der Waals surface area contributed by atoms with E-state index in [-0.39, 0.29) is 18.8 Å². The highest BCUT2D eigenvalue weighted by atomic mass is 32.1. The molecule has 0 saturated heterocycles. The van der Waals surface area contributed by atoms with Crippen LogP contribution in [0.5, 0.6) is 0 Å². The van der Waals surface area contributed by atoms with Gasteiger partial charge in [0.1, 0.15) is 29.0 Å². The van der Waals surface area contributed by atoms with E-state index in [4.69, 9.17) is 9.47 Å². The number of hydrogen-bond donors (Lipinski definition) is 0. The van der Waals surface area contributed by atoms with Gasteiger partial charge in [-0.15, -0.1) is 11.3 Å². The number of thiophene rings is 1. The van der Waals surface area contributed by atoms with Crippen LogP contribution in [0.25, 0.3) is 10.2 Å². The normalized spacial score (nSPS) is 11.8. The molecule has 0 amide bonds. The maximum absolute atomic E-state index is 13.3. The highest BCUT2D eigenvalue weighted by molar-refractivity contribution is 7.20. The molecular weight excluding hydrogens is 452 g/mol. The van der Waals surface area contributed by atoms with Crippen LogP contribution < -0.4 is 5.56 Å². The maximum atomic E-state index is 13.3. The Morgan fingerprint density at radius 2 is 1.56 bits per heavy atom. The molecular formula is C26H24N2O5S. The lowest BCUT2D eigenvalue weighted by Crippen LogP contribution is -2.31. The van der Waals surface area contributed by atoms with Gasteiger partial charge in [-0.3, -0.25) is 9.36 Å². The van der Waals surface area contributed by atoms with Crippen molar-refractivity contribution >= 4 is 33.5 Å². The van der Waals surface area contributed by atoms with Gasteiger partial charge in [0.2, 0.25) is 0 Å². The monoisotopic (exact) mass is 476 g/mol. The van der Waals surface area contributed by atoms with Crippen LogP contribution in [0.1, 0.15) is 45.7 Å². The zero-order valence-electron chi connectivity index (χ0n) is 18.9. The molecule has 4 aromatic rings. The number of hydrogen-bond acceptors (Lipinski definition) is 7. The molecule has 4 rings (SSSR count). The van der Waals surface area contributed by atoms with Gasteiger partial charge in [0.15, 0.2) is 0 Å². The minimum Gasteiger partial charge on any atom is -0.459 e. The predicted molar refractivity (Wildman–Crippen MR) is 130 cm³/mol. The largest absolute Gasteiger partial charge is 0.459 e. The van der Waals surface area contributed by atoms with Gasteiger partial charge in [0, 0.05) is 0 Å². The van der Waals surface area contributed by atoms with E-state index in [2.05, 4.69) is 4.98 Å². The minimum absolute atomic E-state index is 0.121. The van der Waals surface area contributed by atoms with Crippen molar-refractivity contribution in [1.82, 2.24) is 9.55 Å². The summed E-state index contributed by atoms with van der Waals surface area (Å²) in [6.07, 6.45) is 1.70. The van der Waals surface area contributed by atoms with Gasteiger partial charge in [-0.1, -0.05) is 67.6 Å². The Labute approximate surface area is 200 Å². The lowest BCUT2D eigenvalue weighted by atomic mass is 10.2. The summed E-state index contributed by atoms with van der Waals surface area (Å²) in [5, 5.41) is 0.313. The second-order valence-electron chi connectivity index (χ2n) is 7.77. The molecule has 0 aliphatic rings. The summed E-state index contributed by atoms with van der Waals surface area (Å²) >= 11 is 1.11. The smallest absolute Gasteiger partial charge is 0.349 e. The number of ether oxygens (including phenoxy) is 2. The fourth-order valence-corrected chi connectivity index (χ4v) is 4.68. The number of fused-ring (bicyclic) bond motifs is 1. The van der Waals surface area contributed by atoms with Crippen molar-refractivity contribution in [3.05, 3.63) is 98.9 Å². The lowest BCUT2D eigenvalue weighted by molar-refractivity contribution is -0.149. The third-order valence-corrected chi connectivity index (χ3v) is 6.67. The summed E-state index contributed by atoms with van der Waals surface area (Å²) in [6, 6.07) is 17.9. The first kappa shape index (κ1) is 23.4. The van der Waals surface area contributed by atoms with Crippen LogP contribution in [0.15, 0.2) is 71.8 Å². The Morgan fingerprint density at radius 1 is 0.971 bits per heavy atom. The molecule has 34 heavy (non-hydrogen) atoms. The van der Waals surface area contributed by atoms with Crippen LogP contribution in [0.2, 0.25) is 0 Å². The number of nitrogens with zero attached hydrogens (tertiary/aromatic N) is 2. The maximum Gasteiger partial charge on any atom is 0.349 e. The van der Waals surface area contributed by atoms with Crippen molar-refractivity contribution in [3.8, 4) is 0 Å². The molecule has 0 aliphatic carbocycles. The van der Waals surface area contributed by atoms with Crippen LogP contribution in [0.4, 0.5) is 0 Å². The molecule has 1 atom stereocenters. The third-order valence-electron chi connectivity index (χ3n) is 5.49. The second-order valence-corrected chi connectivity index (χ2v) is 8.77. The molecule has 0 spiro atoms. The average molecular weight is 477 g/mol.